The monoisotopic (exact) mass is 309 g/mol. The molecule has 0 spiro atoms. The molecule has 6 heteroatoms. The summed E-state index contributed by atoms with van der Waals surface area (Å²) in [5.41, 5.74) is 0.780. The molecular formula is C16H21F2N3O. The first-order valence-electron chi connectivity index (χ1n) is 7.79. The highest BCUT2D eigenvalue weighted by Gasteiger charge is 2.28. The number of carbonyl (C=O) groups excluding carboxylic acids is 1. The molecule has 1 amide bonds. The van der Waals surface area contributed by atoms with Gasteiger partial charge in [-0.15, -0.1) is 0 Å². The van der Waals surface area contributed by atoms with Gasteiger partial charge in [0.05, 0.1) is 5.92 Å². The normalized spacial score (nSPS) is 20.6. The first-order valence-corrected chi connectivity index (χ1v) is 7.79. The van der Waals surface area contributed by atoms with Gasteiger partial charge in [0.15, 0.2) is 11.6 Å². The number of benzene rings is 1. The molecule has 2 saturated heterocycles. The number of likely N-dealkylation sites (tertiary alicyclic amines) is 1. The van der Waals surface area contributed by atoms with Gasteiger partial charge in [0.2, 0.25) is 5.91 Å². The molecule has 1 aromatic rings. The molecule has 2 heterocycles. The van der Waals surface area contributed by atoms with E-state index in [1.807, 2.05) is 0 Å². The lowest BCUT2D eigenvalue weighted by molar-refractivity contribution is -0.127. The molecule has 22 heavy (non-hydrogen) atoms. The lowest BCUT2D eigenvalue weighted by atomic mass is 9.99. The Morgan fingerprint density at radius 1 is 1.23 bits per heavy atom. The first-order chi connectivity index (χ1) is 10.6. The minimum absolute atomic E-state index is 0.125. The first kappa shape index (κ1) is 15.4. The predicted molar refractivity (Wildman–Crippen MR) is 79.2 cm³/mol. The number of hydrogen-bond acceptors (Lipinski definition) is 3. The lowest BCUT2D eigenvalue weighted by Crippen LogP contribution is -2.54. The van der Waals surface area contributed by atoms with Gasteiger partial charge in [-0.2, -0.15) is 0 Å². The van der Waals surface area contributed by atoms with Crippen LogP contribution in [0.15, 0.2) is 18.2 Å². The summed E-state index contributed by atoms with van der Waals surface area (Å²) in [6, 6.07) is 4.28. The molecule has 2 aliphatic rings. The molecule has 2 aliphatic heterocycles. The van der Waals surface area contributed by atoms with Crippen molar-refractivity contribution in [2.45, 2.75) is 25.4 Å². The second kappa shape index (κ2) is 6.71. The predicted octanol–water partition coefficient (Wildman–Crippen LogP) is 1.26. The summed E-state index contributed by atoms with van der Waals surface area (Å²) in [7, 11) is 0. The fourth-order valence-electron chi connectivity index (χ4n) is 2.92. The van der Waals surface area contributed by atoms with Gasteiger partial charge in [0.1, 0.15) is 0 Å². The van der Waals surface area contributed by atoms with Crippen molar-refractivity contribution in [3.8, 4) is 0 Å². The van der Waals surface area contributed by atoms with Crippen molar-refractivity contribution >= 4 is 5.91 Å². The van der Waals surface area contributed by atoms with Crippen molar-refractivity contribution in [3.05, 3.63) is 35.4 Å². The third-order valence-corrected chi connectivity index (χ3v) is 4.48. The molecule has 2 fully saturated rings. The van der Waals surface area contributed by atoms with Crippen molar-refractivity contribution in [2.24, 2.45) is 5.92 Å². The van der Waals surface area contributed by atoms with Crippen LogP contribution >= 0.6 is 0 Å². The smallest absolute Gasteiger partial charge is 0.225 e. The maximum Gasteiger partial charge on any atom is 0.225 e. The van der Waals surface area contributed by atoms with Crippen molar-refractivity contribution in [3.63, 3.8) is 0 Å². The van der Waals surface area contributed by atoms with Crippen LogP contribution in [-0.2, 0) is 11.3 Å². The SMILES string of the molecule is O=C(NC1CCN(Cc2ccc(F)c(F)c2)CC1)C1CNC1. The van der Waals surface area contributed by atoms with Crippen molar-refractivity contribution in [2.75, 3.05) is 26.2 Å². The van der Waals surface area contributed by atoms with Crippen LogP contribution in [0.2, 0.25) is 0 Å². The van der Waals surface area contributed by atoms with E-state index in [1.165, 1.54) is 12.1 Å². The van der Waals surface area contributed by atoms with E-state index < -0.39 is 11.6 Å². The summed E-state index contributed by atoms with van der Waals surface area (Å²) in [6.45, 7) is 3.88. The van der Waals surface area contributed by atoms with E-state index in [1.54, 1.807) is 6.07 Å². The second-order valence-corrected chi connectivity index (χ2v) is 6.16. The fraction of sp³-hybridized carbons (Fsp3) is 0.562. The molecule has 0 saturated carbocycles. The van der Waals surface area contributed by atoms with E-state index in [2.05, 4.69) is 15.5 Å². The van der Waals surface area contributed by atoms with Crippen LogP contribution in [0, 0.1) is 17.6 Å². The van der Waals surface area contributed by atoms with Gasteiger partial charge < -0.3 is 10.6 Å². The topological polar surface area (TPSA) is 44.4 Å². The highest BCUT2D eigenvalue weighted by atomic mass is 19.2. The number of carbonyl (C=O) groups is 1. The number of nitrogens with zero attached hydrogens (tertiary/aromatic N) is 1. The molecule has 0 aliphatic carbocycles. The van der Waals surface area contributed by atoms with Gasteiger partial charge in [-0.3, -0.25) is 9.69 Å². The molecule has 1 aromatic carbocycles. The van der Waals surface area contributed by atoms with Crippen LogP contribution in [0.3, 0.4) is 0 Å². The molecule has 2 N–H and O–H groups in total. The van der Waals surface area contributed by atoms with Crippen molar-refractivity contribution in [1.29, 1.82) is 0 Å². The van der Waals surface area contributed by atoms with Gasteiger partial charge in [0, 0.05) is 38.8 Å². The Morgan fingerprint density at radius 2 is 1.95 bits per heavy atom. The Labute approximate surface area is 128 Å². The van der Waals surface area contributed by atoms with Crippen molar-refractivity contribution in [1.82, 2.24) is 15.5 Å². The van der Waals surface area contributed by atoms with Crippen LogP contribution in [0.4, 0.5) is 8.78 Å². The zero-order chi connectivity index (χ0) is 15.5. The molecular weight excluding hydrogens is 288 g/mol. The number of hydrogen-bond donors (Lipinski definition) is 2. The summed E-state index contributed by atoms with van der Waals surface area (Å²) < 4.78 is 26.1. The molecule has 0 aromatic heterocycles. The summed E-state index contributed by atoms with van der Waals surface area (Å²) in [5, 5.41) is 6.20. The number of piperidine rings is 1. The summed E-state index contributed by atoms with van der Waals surface area (Å²) in [5.74, 6) is -1.33. The highest BCUT2D eigenvalue weighted by Crippen LogP contribution is 2.16. The third kappa shape index (κ3) is 3.62. The van der Waals surface area contributed by atoms with Crippen LogP contribution in [0.1, 0.15) is 18.4 Å². The Morgan fingerprint density at radius 3 is 2.55 bits per heavy atom. The van der Waals surface area contributed by atoms with Gasteiger partial charge in [-0.05, 0) is 30.5 Å². The van der Waals surface area contributed by atoms with Gasteiger partial charge >= 0.3 is 0 Å². The molecule has 0 atom stereocenters. The Hall–Kier alpha value is -1.53. The number of amides is 1. The fourth-order valence-corrected chi connectivity index (χ4v) is 2.92. The van der Waals surface area contributed by atoms with Crippen molar-refractivity contribution < 1.29 is 13.6 Å². The molecule has 0 bridgehead atoms. The number of nitrogens with one attached hydrogen (secondary N) is 2. The molecule has 120 valence electrons. The van der Waals surface area contributed by atoms with Gasteiger partial charge in [0.25, 0.3) is 0 Å². The zero-order valence-corrected chi connectivity index (χ0v) is 12.4. The standard InChI is InChI=1S/C16H21F2N3O/c17-14-2-1-11(7-15(14)18)10-21-5-3-13(4-6-21)20-16(22)12-8-19-9-12/h1-2,7,12-13,19H,3-6,8-10H2,(H,20,22). The second-order valence-electron chi connectivity index (χ2n) is 6.16. The average molecular weight is 309 g/mol. The number of halogens is 2. The van der Waals surface area contributed by atoms with Crippen LogP contribution < -0.4 is 10.6 Å². The molecule has 0 unspecified atom stereocenters. The Bertz CT molecular complexity index is 540. The minimum atomic E-state index is -0.810. The van der Waals surface area contributed by atoms with Crippen LogP contribution in [0.25, 0.3) is 0 Å². The van der Waals surface area contributed by atoms with E-state index in [0.717, 1.165) is 44.6 Å². The van der Waals surface area contributed by atoms with E-state index >= 15 is 0 Å². The van der Waals surface area contributed by atoms with E-state index in [4.69, 9.17) is 0 Å². The Balaban J connectivity index is 1.45. The number of rotatable bonds is 4. The quantitative estimate of drug-likeness (QED) is 0.880. The molecule has 0 radical (unpaired) electrons. The summed E-state index contributed by atoms with van der Waals surface area (Å²) in [6.07, 6.45) is 1.80. The maximum absolute atomic E-state index is 13.2. The lowest BCUT2D eigenvalue weighted by Gasteiger charge is -2.34. The summed E-state index contributed by atoms with van der Waals surface area (Å²) in [4.78, 5) is 14.1. The Kier molecular flexibility index (Phi) is 4.69. The molecule has 4 nitrogen and oxygen atoms in total. The van der Waals surface area contributed by atoms with Gasteiger partial charge in [-0.25, -0.2) is 8.78 Å². The zero-order valence-electron chi connectivity index (χ0n) is 12.4. The minimum Gasteiger partial charge on any atom is -0.353 e. The van der Waals surface area contributed by atoms with Gasteiger partial charge in [-0.1, -0.05) is 6.07 Å². The van der Waals surface area contributed by atoms with E-state index in [0.29, 0.717) is 6.54 Å². The highest BCUT2D eigenvalue weighted by molar-refractivity contribution is 5.80. The van der Waals surface area contributed by atoms with Crippen LogP contribution in [0.5, 0.6) is 0 Å². The average Bonchev–Trinajstić information content (AvgIpc) is 2.43. The molecule has 3 rings (SSSR count). The maximum atomic E-state index is 13.2. The van der Waals surface area contributed by atoms with Crippen LogP contribution in [-0.4, -0.2) is 43.0 Å². The largest absolute Gasteiger partial charge is 0.353 e. The van der Waals surface area contributed by atoms with E-state index in [-0.39, 0.29) is 17.9 Å². The third-order valence-electron chi connectivity index (χ3n) is 4.48. The van der Waals surface area contributed by atoms with E-state index in [9.17, 15) is 13.6 Å². The summed E-state index contributed by atoms with van der Waals surface area (Å²) >= 11 is 0.